The average Bonchev–Trinajstić information content (AvgIpc) is 3.11. The zero-order valence-corrected chi connectivity index (χ0v) is 15.2. The summed E-state index contributed by atoms with van der Waals surface area (Å²) in [7, 11) is 1.81. The van der Waals surface area contributed by atoms with Crippen molar-refractivity contribution in [2.75, 3.05) is 13.1 Å². The minimum atomic E-state index is 0.00475. The Morgan fingerprint density at radius 1 is 1.15 bits per heavy atom. The van der Waals surface area contributed by atoms with E-state index in [1.807, 2.05) is 48.3 Å². The first-order chi connectivity index (χ1) is 13.2. The standard InChI is InChI=1S/C20H21N5O2/c1-24-18(13-17(23-24)15-5-3-2-4-6-15)20(26)25-11-7-16(8-12-25)27-19-14-21-9-10-22-19/h2-6,9-10,13-14,16H,7-8,11-12H2,1H3. The van der Waals surface area contributed by atoms with Crippen LogP contribution in [0.1, 0.15) is 23.3 Å². The van der Waals surface area contributed by atoms with Gasteiger partial charge in [0.25, 0.3) is 5.91 Å². The van der Waals surface area contributed by atoms with Gasteiger partial charge in [-0.25, -0.2) is 4.98 Å². The lowest BCUT2D eigenvalue weighted by molar-refractivity contribution is 0.0577. The van der Waals surface area contributed by atoms with Crippen molar-refractivity contribution in [1.82, 2.24) is 24.6 Å². The van der Waals surface area contributed by atoms with E-state index < -0.39 is 0 Å². The molecule has 0 N–H and O–H groups in total. The maximum Gasteiger partial charge on any atom is 0.272 e. The van der Waals surface area contributed by atoms with Gasteiger partial charge in [-0.3, -0.25) is 14.5 Å². The molecule has 0 bridgehead atoms. The number of piperidine rings is 1. The van der Waals surface area contributed by atoms with Crippen LogP contribution in [0.25, 0.3) is 11.3 Å². The number of carbonyl (C=O) groups is 1. The number of likely N-dealkylation sites (tertiary alicyclic amines) is 1. The molecule has 4 rings (SSSR count). The molecule has 0 radical (unpaired) electrons. The third-order valence-electron chi connectivity index (χ3n) is 4.72. The fourth-order valence-corrected chi connectivity index (χ4v) is 3.27. The fraction of sp³-hybridized carbons (Fsp3) is 0.300. The number of aromatic nitrogens is 4. The van der Waals surface area contributed by atoms with Crippen molar-refractivity contribution in [2.45, 2.75) is 18.9 Å². The van der Waals surface area contributed by atoms with Gasteiger partial charge in [0, 0.05) is 50.9 Å². The van der Waals surface area contributed by atoms with Crippen LogP contribution in [0.3, 0.4) is 0 Å². The number of rotatable bonds is 4. The van der Waals surface area contributed by atoms with E-state index in [0.717, 1.165) is 24.1 Å². The number of amides is 1. The highest BCUT2D eigenvalue weighted by Crippen LogP contribution is 2.21. The van der Waals surface area contributed by atoms with Crippen molar-refractivity contribution in [3.05, 3.63) is 60.7 Å². The molecular formula is C20H21N5O2. The lowest BCUT2D eigenvalue weighted by Gasteiger charge is -2.31. The molecule has 7 nitrogen and oxygen atoms in total. The second-order valence-corrected chi connectivity index (χ2v) is 6.56. The minimum Gasteiger partial charge on any atom is -0.473 e. The molecule has 1 fully saturated rings. The van der Waals surface area contributed by atoms with Crippen LogP contribution in [0.5, 0.6) is 5.88 Å². The van der Waals surface area contributed by atoms with Gasteiger partial charge in [0.1, 0.15) is 11.8 Å². The molecule has 2 aromatic heterocycles. The van der Waals surface area contributed by atoms with Gasteiger partial charge in [-0.1, -0.05) is 30.3 Å². The highest BCUT2D eigenvalue weighted by atomic mass is 16.5. The maximum atomic E-state index is 12.9. The molecule has 1 amide bonds. The summed E-state index contributed by atoms with van der Waals surface area (Å²) in [5.41, 5.74) is 2.41. The van der Waals surface area contributed by atoms with Crippen LogP contribution in [0.15, 0.2) is 55.0 Å². The summed E-state index contributed by atoms with van der Waals surface area (Å²) in [6, 6.07) is 11.7. The van der Waals surface area contributed by atoms with Crippen LogP contribution in [0.4, 0.5) is 0 Å². The summed E-state index contributed by atoms with van der Waals surface area (Å²) in [5, 5.41) is 4.50. The Morgan fingerprint density at radius 2 is 1.93 bits per heavy atom. The Kier molecular flexibility index (Phi) is 4.82. The summed E-state index contributed by atoms with van der Waals surface area (Å²) in [6.07, 6.45) is 6.43. The van der Waals surface area contributed by atoms with Crippen molar-refractivity contribution in [3.8, 4) is 17.1 Å². The quantitative estimate of drug-likeness (QED) is 0.712. The topological polar surface area (TPSA) is 73.1 Å². The third-order valence-corrected chi connectivity index (χ3v) is 4.72. The highest BCUT2D eigenvalue weighted by molar-refractivity contribution is 5.93. The van der Waals surface area contributed by atoms with E-state index in [1.54, 1.807) is 23.3 Å². The molecule has 1 saturated heterocycles. The molecule has 0 aliphatic carbocycles. The van der Waals surface area contributed by atoms with Crippen LogP contribution in [0.2, 0.25) is 0 Å². The molecule has 0 saturated carbocycles. The second kappa shape index (κ2) is 7.57. The van der Waals surface area contributed by atoms with Crippen LogP contribution in [-0.4, -0.2) is 49.7 Å². The van der Waals surface area contributed by atoms with Crippen LogP contribution < -0.4 is 4.74 Å². The zero-order valence-electron chi connectivity index (χ0n) is 15.2. The Hall–Kier alpha value is -3.22. The molecule has 0 unspecified atom stereocenters. The van der Waals surface area contributed by atoms with Gasteiger partial charge < -0.3 is 9.64 Å². The van der Waals surface area contributed by atoms with Crippen molar-refractivity contribution in [2.24, 2.45) is 7.05 Å². The molecule has 1 aromatic carbocycles. The van der Waals surface area contributed by atoms with Crippen LogP contribution in [0, 0.1) is 0 Å². The molecule has 7 heteroatoms. The lowest BCUT2D eigenvalue weighted by atomic mass is 10.1. The van der Waals surface area contributed by atoms with Gasteiger partial charge >= 0.3 is 0 Å². The molecule has 1 aliphatic rings. The summed E-state index contributed by atoms with van der Waals surface area (Å²) in [6.45, 7) is 1.30. The van der Waals surface area contributed by atoms with Crippen molar-refractivity contribution in [3.63, 3.8) is 0 Å². The van der Waals surface area contributed by atoms with Gasteiger partial charge in [-0.15, -0.1) is 0 Å². The van der Waals surface area contributed by atoms with E-state index in [-0.39, 0.29) is 12.0 Å². The summed E-state index contributed by atoms with van der Waals surface area (Å²) in [5.74, 6) is 0.534. The van der Waals surface area contributed by atoms with Crippen molar-refractivity contribution >= 4 is 5.91 Å². The van der Waals surface area contributed by atoms with Gasteiger partial charge in [-0.2, -0.15) is 5.10 Å². The normalized spacial score (nSPS) is 14.9. The Balaban J connectivity index is 1.40. The molecule has 27 heavy (non-hydrogen) atoms. The first kappa shape index (κ1) is 17.2. The van der Waals surface area contributed by atoms with E-state index in [1.165, 1.54) is 0 Å². The predicted octanol–water partition coefficient (Wildman–Crippen LogP) is 2.56. The maximum absolute atomic E-state index is 12.9. The van der Waals surface area contributed by atoms with E-state index in [4.69, 9.17) is 4.74 Å². The zero-order chi connectivity index (χ0) is 18.6. The van der Waals surface area contributed by atoms with E-state index in [9.17, 15) is 4.79 Å². The minimum absolute atomic E-state index is 0.00475. The second-order valence-electron chi connectivity index (χ2n) is 6.56. The van der Waals surface area contributed by atoms with Gasteiger partial charge in [0.2, 0.25) is 5.88 Å². The SMILES string of the molecule is Cn1nc(-c2ccccc2)cc1C(=O)N1CCC(Oc2cnccn2)CC1. The Morgan fingerprint density at radius 3 is 2.63 bits per heavy atom. The Bertz CT molecular complexity index is 903. The third kappa shape index (κ3) is 3.81. The monoisotopic (exact) mass is 363 g/mol. The number of benzene rings is 1. The number of nitrogens with zero attached hydrogens (tertiary/aromatic N) is 5. The average molecular weight is 363 g/mol. The number of aryl methyl sites for hydroxylation is 1. The summed E-state index contributed by atoms with van der Waals surface area (Å²) < 4.78 is 7.51. The van der Waals surface area contributed by atoms with E-state index in [0.29, 0.717) is 24.7 Å². The number of hydrogen-bond acceptors (Lipinski definition) is 5. The molecule has 3 heterocycles. The van der Waals surface area contributed by atoms with Crippen molar-refractivity contribution < 1.29 is 9.53 Å². The Labute approximate surface area is 157 Å². The predicted molar refractivity (Wildman–Crippen MR) is 100 cm³/mol. The summed E-state index contributed by atoms with van der Waals surface area (Å²) >= 11 is 0. The first-order valence-electron chi connectivity index (χ1n) is 9.02. The molecule has 1 aliphatic heterocycles. The molecule has 0 spiro atoms. The van der Waals surface area contributed by atoms with Crippen LogP contribution >= 0.6 is 0 Å². The molecule has 3 aromatic rings. The number of carbonyl (C=O) groups excluding carboxylic acids is 1. The largest absolute Gasteiger partial charge is 0.473 e. The summed E-state index contributed by atoms with van der Waals surface area (Å²) in [4.78, 5) is 22.9. The lowest BCUT2D eigenvalue weighted by Crippen LogP contribution is -2.42. The number of ether oxygens (including phenoxy) is 1. The van der Waals surface area contributed by atoms with Crippen LogP contribution in [-0.2, 0) is 7.05 Å². The molecule has 138 valence electrons. The molecular weight excluding hydrogens is 342 g/mol. The van der Waals surface area contributed by atoms with Crippen molar-refractivity contribution in [1.29, 1.82) is 0 Å². The molecule has 0 atom stereocenters. The fourth-order valence-electron chi connectivity index (χ4n) is 3.27. The number of hydrogen-bond donors (Lipinski definition) is 0. The van der Waals surface area contributed by atoms with E-state index >= 15 is 0 Å². The van der Waals surface area contributed by atoms with E-state index in [2.05, 4.69) is 15.1 Å². The highest BCUT2D eigenvalue weighted by Gasteiger charge is 2.27. The first-order valence-corrected chi connectivity index (χ1v) is 9.02. The smallest absolute Gasteiger partial charge is 0.272 e. The van der Waals surface area contributed by atoms with Gasteiger partial charge in [-0.05, 0) is 6.07 Å². The van der Waals surface area contributed by atoms with Gasteiger partial charge in [0.15, 0.2) is 0 Å². The van der Waals surface area contributed by atoms with Gasteiger partial charge in [0.05, 0.1) is 11.9 Å².